The summed E-state index contributed by atoms with van der Waals surface area (Å²) in [5, 5.41) is 3.17. The summed E-state index contributed by atoms with van der Waals surface area (Å²) in [6.07, 6.45) is 0. The minimum absolute atomic E-state index is 0.0633. The smallest absolute Gasteiger partial charge is 0.262 e. The van der Waals surface area contributed by atoms with Crippen LogP contribution in [0.5, 0.6) is 11.5 Å². The van der Waals surface area contributed by atoms with Gasteiger partial charge in [-0.2, -0.15) is 0 Å². The van der Waals surface area contributed by atoms with E-state index in [1.54, 1.807) is 49.4 Å². The highest BCUT2D eigenvalue weighted by atomic mass is 35.5. The van der Waals surface area contributed by atoms with Crippen molar-refractivity contribution in [1.29, 1.82) is 0 Å². The van der Waals surface area contributed by atoms with Crippen molar-refractivity contribution in [3.63, 3.8) is 0 Å². The van der Waals surface area contributed by atoms with Crippen molar-refractivity contribution in [1.82, 2.24) is 0 Å². The van der Waals surface area contributed by atoms with Crippen molar-refractivity contribution in [2.45, 2.75) is 11.8 Å². The molecule has 1 amide bonds. The van der Waals surface area contributed by atoms with Crippen LogP contribution in [-0.2, 0) is 14.8 Å². The number of methoxy groups -OCH3 is 1. The van der Waals surface area contributed by atoms with E-state index in [0.29, 0.717) is 33.5 Å². The van der Waals surface area contributed by atoms with Gasteiger partial charge in [0.15, 0.2) is 6.61 Å². The van der Waals surface area contributed by atoms with Gasteiger partial charge >= 0.3 is 0 Å². The molecule has 3 aromatic rings. The number of nitrogens with one attached hydrogen (secondary N) is 2. The zero-order valence-electron chi connectivity index (χ0n) is 17.2. The van der Waals surface area contributed by atoms with Gasteiger partial charge in [0.05, 0.1) is 27.7 Å². The number of hydrogen-bond donors (Lipinski definition) is 2. The first kappa shape index (κ1) is 23.7. The molecule has 0 atom stereocenters. The summed E-state index contributed by atoms with van der Waals surface area (Å²) >= 11 is 12.0. The lowest BCUT2D eigenvalue weighted by Crippen LogP contribution is -2.20. The van der Waals surface area contributed by atoms with Crippen molar-refractivity contribution in [2.24, 2.45) is 0 Å². The molecule has 0 fully saturated rings. The third kappa shape index (κ3) is 5.85. The van der Waals surface area contributed by atoms with Crippen LogP contribution in [0.3, 0.4) is 0 Å². The molecule has 168 valence electrons. The molecular formula is C22H20Cl2N2O5S. The molecular weight excluding hydrogens is 475 g/mol. The SMILES string of the molecule is COc1ccc(NS(=O)(=O)c2ccc(OCC(=O)Nc3cccc(Cl)c3Cl)c(C)c2)cc1. The Morgan fingerprint density at radius 3 is 2.41 bits per heavy atom. The van der Waals surface area contributed by atoms with Gasteiger partial charge in [-0.15, -0.1) is 0 Å². The first-order valence-electron chi connectivity index (χ1n) is 9.34. The molecule has 0 bridgehead atoms. The normalized spacial score (nSPS) is 11.0. The predicted molar refractivity (Wildman–Crippen MR) is 126 cm³/mol. The molecule has 2 N–H and O–H groups in total. The van der Waals surface area contributed by atoms with Crippen LogP contribution in [0, 0.1) is 6.92 Å². The van der Waals surface area contributed by atoms with Crippen LogP contribution in [0.1, 0.15) is 5.56 Å². The third-order valence-electron chi connectivity index (χ3n) is 4.38. The van der Waals surface area contributed by atoms with E-state index < -0.39 is 15.9 Å². The van der Waals surface area contributed by atoms with Gasteiger partial charge in [-0.05, 0) is 67.1 Å². The second kappa shape index (κ2) is 10.1. The lowest BCUT2D eigenvalue weighted by molar-refractivity contribution is -0.118. The molecule has 0 aliphatic rings. The summed E-state index contributed by atoms with van der Waals surface area (Å²) in [5.41, 5.74) is 1.33. The van der Waals surface area contributed by atoms with Crippen molar-refractivity contribution >= 4 is 50.5 Å². The Balaban J connectivity index is 1.65. The molecule has 0 unspecified atom stereocenters. The first-order valence-corrected chi connectivity index (χ1v) is 11.6. The summed E-state index contributed by atoms with van der Waals surface area (Å²) in [6.45, 7) is 1.40. The first-order chi connectivity index (χ1) is 15.2. The summed E-state index contributed by atoms with van der Waals surface area (Å²) < 4.78 is 38.5. The highest BCUT2D eigenvalue weighted by Crippen LogP contribution is 2.29. The van der Waals surface area contributed by atoms with E-state index in [-0.39, 0.29) is 16.5 Å². The van der Waals surface area contributed by atoms with Crippen LogP contribution in [0.25, 0.3) is 0 Å². The van der Waals surface area contributed by atoms with Gasteiger partial charge in [-0.1, -0.05) is 29.3 Å². The second-order valence-corrected chi connectivity index (χ2v) is 9.17. The van der Waals surface area contributed by atoms with Gasteiger partial charge in [0, 0.05) is 5.69 Å². The number of sulfonamides is 1. The maximum atomic E-state index is 12.7. The number of benzene rings is 3. The summed E-state index contributed by atoms with van der Waals surface area (Å²) in [6, 6.07) is 15.8. The van der Waals surface area contributed by atoms with Crippen molar-refractivity contribution < 1.29 is 22.7 Å². The molecule has 0 saturated carbocycles. The Labute approximate surface area is 196 Å². The number of anilines is 2. The highest BCUT2D eigenvalue weighted by Gasteiger charge is 2.16. The number of rotatable bonds is 8. The lowest BCUT2D eigenvalue weighted by atomic mass is 10.2. The van der Waals surface area contributed by atoms with Gasteiger partial charge in [0.25, 0.3) is 15.9 Å². The van der Waals surface area contributed by atoms with Crippen LogP contribution in [-0.4, -0.2) is 28.0 Å². The van der Waals surface area contributed by atoms with Gasteiger partial charge < -0.3 is 14.8 Å². The minimum atomic E-state index is -3.81. The molecule has 32 heavy (non-hydrogen) atoms. The predicted octanol–water partition coefficient (Wildman–Crippen LogP) is 5.13. The van der Waals surface area contributed by atoms with Crippen LogP contribution >= 0.6 is 23.2 Å². The summed E-state index contributed by atoms with van der Waals surface area (Å²) in [7, 11) is -2.28. The van der Waals surface area contributed by atoms with Crippen LogP contribution in [0.2, 0.25) is 10.0 Å². The summed E-state index contributed by atoms with van der Waals surface area (Å²) in [4.78, 5) is 12.2. The molecule has 0 aliphatic heterocycles. The van der Waals surface area contributed by atoms with E-state index in [4.69, 9.17) is 32.7 Å². The van der Waals surface area contributed by atoms with Gasteiger partial charge in [0.2, 0.25) is 0 Å². The fourth-order valence-electron chi connectivity index (χ4n) is 2.75. The average Bonchev–Trinajstić information content (AvgIpc) is 2.76. The molecule has 0 aromatic heterocycles. The Hall–Kier alpha value is -2.94. The Bertz CT molecular complexity index is 1230. The molecule has 0 spiro atoms. The Morgan fingerprint density at radius 2 is 1.75 bits per heavy atom. The van der Waals surface area contributed by atoms with Gasteiger partial charge in [-0.3, -0.25) is 9.52 Å². The van der Waals surface area contributed by atoms with Crippen LogP contribution in [0.15, 0.2) is 65.6 Å². The standard InChI is InChI=1S/C22H20Cl2N2O5S/c1-14-12-17(32(28,29)26-15-6-8-16(30-2)9-7-15)10-11-20(14)31-13-21(27)25-19-5-3-4-18(23)22(19)24/h3-12,26H,13H2,1-2H3,(H,25,27). The molecule has 0 saturated heterocycles. The summed E-state index contributed by atoms with van der Waals surface area (Å²) in [5.74, 6) is 0.555. The van der Waals surface area contributed by atoms with E-state index >= 15 is 0 Å². The fourth-order valence-corrected chi connectivity index (χ4v) is 4.25. The van der Waals surface area contributed by atoms with E-state index in [1.165, 1.54) is 25.3 Å². The van der Waals surface area contributed by atoms with Crippen molar-refractivity contribution in [2.75, 3.05) is 23.8 Å². The molecule has 3 rings (SSSR count). The number of amides is 1. The molecule has 10 heteroatoms. The minimum Gasteiger partial charge on any atom is -0.497 e. The largest absolute Gasteiger partial charge is 0.497 e. The zero-order valence-corrected chi connectivity index (χ0v) is 19.5. The number of aryl methyl sites for hydroxylation is 1. The topological polar surface area (TPSA) is 93.7 Å². The van der Waals surface area contributed by atoms with E-state index in [1.807, 2.05) is 0 Å². The van der Waals surface area contributed by atoms with E-state index in [2.05, 4.69) is 10.0 Å². The maximum absolute atomic E-state index is 12.7. The number of hydrogen-bond acceptors (Lipinski definition) is 5. The second-order valence-electron chi connectivity index (χ2n) is 6.70. The number of carbonyl (C=O) groups is 1. The average molecular weight is 495 g/mol. The van der Waals surface area contributed by atoms with Gasteiger partial charge in [-0.25, -0.2) is 8.42 Å². The van der Waals surface area contributed by atoms with Crippen LogP contribution < -0.4 is 19.5 Å². The Kier molecular flexibility index (Phi) is 7.50. The van der Waals surface area contributed by atoms with E-state index in [0.717, 1.165) is 0 Å². The monoisotopic (exact) mass is 494 g/mol. The number of carbonyl (C=O) groups excluding carboxylic acids is 1. The van der Waals surface area contributed by atoms with Crippen molar-refractivity contribution in [3.8, 4) is 11.5 Å². The quantitative estimate of drug-likeness (QED) is 0.452. The molecule has 0 radical (unpaired) electrons. The number of halogens is 2. The molecule has 0 heterocycles. The van der Waals surface area contributed by atoms with Crippen LogP contribution in [0.4, 0.5) is 11.4 Å². The Morgan fingerprint density at radius 1 is 1.03 bits per heavy atom. The third-order valence-corrected chi connectivity index (χ3v) is 6.58. The van der Waals surface area contributed by atoms with E-state index in [9.17, 15) is 13.2 Å². The zero-order chi connectivity index (χ0) is 23.3. The highest BCUT2D eigenvalue weighted by molar-refractivity contribution is 7.92. The number of ether oxygens (including phenoxy) is 2. The van der Waals surface area contributed by atoms with Gasteiger partial charge in [0.1, 0.15) is 11.5 Å². The maximum Gasteiger partial charge on any atom is 0.262 e. The molecule has 0 aliphatic carbocycles. The molecule has 3 aromatic carbocycles. The van der Waals surface area contributed by atoms with Crippen molar-refractivity contribution in [3.05, 3.63) is 76.3 Å². The molecule has 7 nitrogen and oxygen atoms in total. The lowest BCUT2D eigenvalue weighted by Gasteiger charge is -2.13. The fraction of sp³-hybridized carbons (Fsp3) is 0.136.